The van der Waals surface area contributed by atoms with Crippen LogP contribution in [0.5, 0.6) is 0 Å². The number of aryl methyl sites for hydroxylation is 1. The first-order valence-corrected chi connectivity index (χ1v) is 6.06. The molecule has 0 unspecified atom stereocenters. The molecule has 0 atom stereocenters. The summed E-state index contributed by atoms with van der Waals surface area (Å²) < 4.78 is 0. The highest BCUT2D eigenvalue weighted by Crippen LogP contribution is 2.11. The van der Waals surface area contributed by atoms with Gasteiger partial charge in [-0.25, -0.2) is 0 Å². The van der Waals surface area contributed by atoms with Crippen molar-refractivity contribution in [2.75, 3.05) is 26.2 Å². The number of aromatic nitrogens is 1. The number of hydrogen-bond acceptors (Lipinski definition) is 3. The van der Waals surface area contributed by atoms with Crippen LogP contribution in [0.25, 0.3) is 0 Å². The van der Waals surface area contributed by atoms with Crippen LogP contribution in [0.4, 0.5) is 0 Å². The van der Waals surface area contributed by atoms with Crippen molar-refractivity contribution < 1.29 is 9.59 Å². The van der Waals surface area contributed by atoms with Crippen LogP contribution in [0.1, 0.15) is 23.0 Å². The Hall–Kier alpha value is -1.91. The third kappa shape index (κ3) is 2.50. The van der Waals surface area contributed by atoms with Gasteiger partial charge in [0.05, 0.1) is 5.56 Å². The highest BCUT2D eigenvalue weighted by molar-refractivity contribution is 5.95. The van der Waals surface area contributed by atoms with Crippen molar-refractivity contribution in [2.45, 2.75) is 13.8 Å². The molecule has 5 heteroatoms. The second-order valence-electron chi connectivity index (χ2n) is 4.43. The largest absolute Gasteiger partial charge is 0.339 e. The molecule has 0 radical (unpaired) electrons. The Morgan fingerprint density at radius 2 is 1.78 bits per heavy atom. The van der Waals surface area contributed by atoms with E-state index in [1.54, 1.807) is 35.1 Å². The van der Waals surface area contributed by atoms with Crippen LogP contribution in [0.15, 0.2) is 18.3 Å². The number of carbonyl (C=O) groups excluding carboxylic acids is 2. The van der Waals surface area contributed by atoms with Gasteiger partial charge in [-0.3, -0.25) is 14.6 Å². The van der Waals surface area contributed by atoms with Crippen LogP contribution >= 0.6 is 0 Å². The number of pyridine rings is 1. The lowest BCUT2D eigenvalue weighted by atomic mass is 10.1. The van der Waals surface area contributed by atoms with E-state index in [-0.39, 0.29) is 11.8 Å². The molecule has 2 amide bonds. The lowest BCUT2D eigenvalue weighted by Crippen LogP contribution is -2.50. The molecule has 1 aliphatic rings. The number of carbonyl (C=O) groups is 2. The van der Waals surface area contributed by atoms with E-state index < -0.39 is 0 Å². The van der Waals surface area contributed by atoms with Gasteiger partial charge in [-0.2, -0.15) is 0 Å². The molecular weight excluding hydrogens is 230 g/mol. The fourth-order valence-corrected chi connectivity index (χ4v) is 2.11. The Labute approximate surface area is 106 Å². The third-order valence-electron chi connectivity index (χ3n) is 3.25. The molecule has 0 saturated carbocycles. The standard InChI is InChI=1S/C13H17N3O2/c1-10-12(4-3-5-14-10)13(18)16-8-6-15(7-9-16)11(2)17/h3-5H,6-9H2,1-2H3. The predicted octanol–water partition coefficient (Wildman–Crippen LogP) is 0.694. The molecule has 0 aromatic carbocycles. The molecule has 1 aromatic heterocycles. The Bertz CT molecular complexity index is 465. The summed E-state index contributed by atoms with van der Waals surface area (Å²) in [5, 5.41) is 0. The number of hydrogen-bond donors (Lipinski definition) is 0. The van der Waals surface area contributed by atoms with Crippen molar-refractivity contribution in [3.63, 3.8) is 0 Å². The highest BCUT2D eigenvalue weighted by Gasteiger charge is 2.24. The van der Waals surface area contributed by atoms with Crippen molar-refractivity contribution in [2.24, 2.45) is 0 Å². The van der Waals surface area contributed by atoms with Gasteiger partial charge in [0.25, 0.3) is 5.91 Å². The first-order chi connectivity index (χ1) is 8.59. The van der Waals surface area contributed by atoms with Crippen molar-refractivity contribution in [1.82, 2.24) is 14.8 Å². The normalized spacial score (nSPS) is 15.7. The molecule has 0 bridgehead atoms. The van der Waals surface area contributed by atoms with E-state index in [2.05, 4.69) is 4.98 Å². The van der Waals surface area contributed by atoms with Gasteiger partial charge in [0.15, 0.2) is 0 Å². The molecule has 1 fully saturated rings. The second-order valence-corrected chi connectivity index (χ2v) is 4.43. The van der Waals surface area contributed by atoms with Crippen molar-refractivity contribution in [3.05, 3.63) is 29.6 Å². The summed E-state index contributed by atoms with van der Waals surface area (Å²) >= 11 is 0. The van der Waals surface area contributed by atoms with Crippen molar-refractivity contribution in [3.8, 4) is 0 Å². The van der Waals surface area contributed by atoms with Gasteiger partial charge in [0, 0.05) is 45.0 Å². The average Bonchev–Trinajstić information content (AvgIpc) is 2.38. The zero-order chi connectivity index (χ0) is 13.1. The van der Waals surface area contributed by atoms with Crippen LogP contribution in [-0.2, 0) is 4.79 Å². The SMILES string of the molecule is CC(=O)N1CCN(C(=O)c2cccnc2C)CC1. The first kappa shape index (κ1) is 12.5. The van der Waals surface area contributed by atoms with Gasteiger partial charge >= 0.3 is 0 Å². The minimum absolute atomic E-state index is 0.00352. The fraction of sp³-hybridized carbons (Fsp3) is 0.462. The van der Waals surface area contributed by atoms with Gasteiger partial charge in [0.1, 0.15) is 0 Å². The summed E-state index contributed by atoms with van der Waals surface area (Å²) in [7, 11) is 0. The smallest absolute Gasteiger partial charge is 0.255 e. The summed E-state index contributed by atoms with van der Waals surface area (Å²) in [6.45, 7) is 5.79. The van der Waals surface area contributed by atoms with Gasteiger partial charge in [0.2, 0.25) is 5.91 Å². The quantitative estimate of drug-likeness (QED) is 0.734. The summed E-state index contributed by atoms with van der Waals surface area (Å²) in [5.74, 6) is 0.0726. The van der Waals surface area contributed by atoms with E-state index in [4.69, 9.17) is 0 Å². The molecule has 0 N–H and O–H groups in total. The average molecular weight is 247 g/mol. The van der Waals surface area contributed by atoms with Crippen molar-refractivity contribution in [1.29, 1.82) is 0 Å². The summed E-state index contributed by atoms with van der Waals surface area (Å²) in [5.41, 5.74) is 1.39. The molecule has 1 saturated heterocycles. The lowest BCUT2D eigenvalue weighted by molar-refractivity contribution is -0.130. The zero-order valence-corrected chi connectivity index (χ0v) is 10.7. The minimum atomic E-state index is 0.00352. The molecule has 5 nitrogen and oxygen atoms in total. The van der Waals surface area contributed by atoms with E-state index in [1.165, 1.54) is 0 Å². The molecule has 0 spiro atoms. The minimum Gasteiger partial charge on any atom is -0.339 e. The maximum absolute atomic E-state index is 12.3. The number of piperazine rings is 1. The first-order valence-electron chi connectivity index (χ1n) is 6.06. The number of nitrogens with zero attached hydrogens (tertiary/aromatic N) is 3. The molecule has 1 aliphatic heterocycles. The Balaban J connectivity index is 2.04. The van der Waals surface area contributed by atoms with Gasteiger partial charge in [-0.05, 0) is 19.1 Å². The Morgan fingerprint density at radius 1 is 1.17 bits per heavy atom. The molecule has 18 heavy (non-hydrogen) atoms. The van der Waals surface area contributed by atoms with E-state index in [1.807, 2.05) is 6.92 Å². The molecule has 0 aliphatic carbocycles. The molecule has 2 heterocycles. The van der Waals surface area contributed by atoms with Crippen molar-refractivity contribution >= 4 is 11.8 Å². The summed E-state index contributed by atoms with van der Waals surface area (Å²) in [4.78, 5) is 31.2. The van der Waals surface area contributed by atoms with Crippen LogP contribution in [0, 0.1) is 6.92 Å². The Morgan fingerprint density at radius 3 is 2.33 bits per heavy atom. The van der Waals surface area contributed by atoms with Gasteiger partial charge < -0.3 is 9.80 Å². The van der Waals surface area contributed by atoms with Crippen LogP contribution < -0.4 is 0 Å². The molecular formula is C13H17N3O2. The maximum atomic E-state index is 12.3. The van der Waals surface area contributed by atoms with E-state index in [0.29, 0.717) is 31.7 Å². The van der Waals surface area contributed by atoms with E-state index in [0.717, 1.165) is 5.69 Å². The van der Waals surface area contributed by atoms with Crippen LogP contribution in [0.3, 0.4) is 0 Å². The summed E-state index contributed by atoms with van der Waals surface area (Å²) in [6, 6.07) is 3.56. The number of rotatable bonds is 1. The topological polar surface area (TPSA) is 53.5 Å². The lowest BCUT2D eigenvalue weighted by Gasteiger charge is -2.34. The molecule has 2 rings (SSSR count). The third-order valence-corrected chi connectivity index (χ3v) is 3.25. The van der Waals surface area contributed by atoms with Gasteiger partial charge in [-0.1, -0.05) is 0 Å². The second kappa shape index (κ2) is 5.16. The Kier molecular flexibility index (Phi) is 3.60. The molecule has 1 aromatic rings. The fourth-order valence-electron chi connectivity index (χ4n) is 2.11. The van der Waals surface area contributed by atoms with Gasteiger partial charge in [-0.15, -0.1) is 0 Å². The monoisotopic (exact) mass is 247 g/mol. The highest BCUT2D eigenvalue weighted by atomic mass is 16.2. The van der Waals surface area contributed by atoms with E-state index in [9.17, 15) is 9.59 Å². The maximum Gasteiger partial charge on any atom is 0.255 e. The number of amides is 2. The molecule has 96 valence electrons. The predicted molar refractivity (Wildman–Crippen MR) is 67.1 cm³/mol. The van der Waals surface area contributed by atoms with Crippen LogP contribution in [0.2, 0.25) is 0 Å². The summed E-state index contributed by atoms with van der Waals surface area (Å²) in [6.07, 6.45) is 1.68. The van der Waals surface area contributed by atoms with E-state index >= 15 is 0 Å². The zero-order valence-electron chi connectivity index (χ0n) is 10.7. The van der Waals surface area contributed by atoms with Crippen LogP contribution in [-0.4, -0.2) is 52.8 Å².